The van der Waals surface area contributed by atoms with Crippen molar-refractivity contribution in [3.8, 4) is 0 Å². The van der Waals surface area contributed by atoms with E-state index in [0.29, 0.717) is 0 Å². The molecule has 4 heteroatoms. The number of hydrogen-bond donors (Lipinski definition) is 1. The molecule has 0 aromatic heterocycles. The predicted molar refractivity (Wildman–Crippen MR) is 88.8 cm³/mol. The SMILES string of the molecule is CN=C(NCCC1=CCCCC1)N1CCCC1.I. The van der Waals surface area contributed by atoms with Gasteiger partial charge in [0, 0.05) is 26.7 Å². The van der Waals surface area contributed by atoms with Crippen molar-refractivity contribution >= 4 is 29.9 Å². The molecule has 0 radical (unpaired) electrons. The Bertz CT molecular complexity index is 293. The van der Waals surface area contributed by atoms with E-state index < -0.39 is 0 Å². The molecule has 0 aromatic rings. The van der Waals surface area contributed by atoms with Crippen molar-refractivity contribution in [2.24, 2.45) is 4.99 Å². The molecular formula is C14H26IN3. The van der Waals surface area contributed by atoms with Crippen molar-refractivity contribution in [3.63, 3.8) is 0 Å². The van der Waals surface area contributed by atoms with E-state index in [9.17, 15) is 0 Å². The van der Waals surface area contributed by atoms with Crippen LogP contribution in [0.4, 0.5) is 0 Å². The molecule has 3 nitrogen and oxygen atoms in total. The summed E-state index contributed by atoms with van der Waals surface area (Å²) >= 11 is 0. The number of halogens is 1. The van der Waals surface area contributed by atoms with Crippen molar-refractivity contribution in [1.29, 1.82) is 0 Å². The van der Waals surface area contributed by atoms with Crippen LogP contribution < -0.4 is 5.32 Å². The fourth-order valence-corrected chi connectivity index (χ4v) is 2.73. The average Bonchev–Trinajstić information content (AvgIpc) is 2.90. The molecule has 2 aliphatic rings. The van der Waals surface area contributed by atoms with E-state index in [1.807, 2.05) is 7.05 Å². The Morgan fingerprint density at radius 3 is 2.67 bits per heavy atom. The van der Waals surface area contributed by atoms with E-state index in [4.69, 9.17) is 0 Å². The Morgan fingerprint density at radius 1 is 1.28 bits per heavy atom. The standard InChI is InChI=1S/C14H25N3.HI/c1-15-14(17-11-5-6-12-17)16-10-9-13-7-3-2-4-8-13;/h7H,2-6,8-12H2,1H3,(H,15,16);1H. The second-order valence-electron chi connectivity index (χ2n) is 5.03. The van der Waals surface area contributed by atoms with Crippen LogP contribution in [0.1, 0.15) is 44.9 Å². The molecular weight excluding hydrogens is 337 g/mol. The fraction of sp³-hybridized carbons (Fsp3) is 0.786. The summed E-state index contributed by atoms with van der Waals surface area (Å²) in [4.78, 5) is 6.73. The van der Waals surface area contributed by atoms with Crippen LogP contribution in [0.5, 0.6) is 0 Å². The Hall–Kier alpha value is -0.260. The first-order valence-electron chi connectivity index (χ1n) is 7.03. The summed E-state index contributed by atoms with van der Waals surface area (Å²) in [5.74, 6) is 1.10. The second-order valence-corrected chi connectivity index (χ2v) is 5.03. The fourth-order valence-electron chi connectivity index (χ4n) is 2.73. The normalized spacial score (nSPS) is 20.4. The molecule has 0 amide bonds. The molecule has 18 heavy (non-hydrogen) atoms. The number of allylic oxidation sites excluding steroid dienone is 1. The van der Waals surface area contributed by atoms with E-state index in [1.54, 1.807) is 5.57 Å². The lowest BCUT2D eigenvalue weighted by Gasteiger charge is -2.21. The van der Waals surface area contributed by atoms with Crippen molar-refractivity contribution in [1.82, 2.24) is 10.2 Å². The van der Waals surface area contributed by atoms with Gasteiger partial charge in [-0.1, -0.05) is 11.6 Å². The minimum Gasteiger partial charge on any atom is -0.356 e. The molecule has 1 N–H and O–H groups in total. The van der Waals surface area contributed by atoms with Crippen molar-refractivity contribution in [3.05, 3.63) is 11.6 Å². The molecule has 1 saturated heterocycles. The zero-order chi connectivity index (χ0) is 11.9. The molecule has 0 spiro atoms. The quantitative estimate of drug-likeness (QED) is 0.361. The van der Waals surface area contributed by atoms with Crippen molar-refractivity contribution < 1.29 is 0 Å². The zero-order valence-electron chi connectivity index (χ0n) is 11.5. The maximum Gasteiger partial charge on any atom is 0.193 e. The molecule has 2 rings (SSSR count). The molecule has 0 unspecified atom stereocenters. The molecule has 1 aliphatic carbocycles. The summed E-state index contributed by atoms with van der Waals surface area (Å²) in [6, 6.07) is 0. The van der Waals surface area contributed by atoms with Crippen LogP contribution in [0.3, 0.4) is 0 Å². The first-order chi connectivity index (χ1) is 8.40. The third-order valence-corrected chi connectivity index (χ3v) is 3.73. The third kappa shape index (κ3) is 4.78. The Labute approximate surface area is 128 Å². The van der Waals surface area contributed by atoms with Gasteiger partial charge in [0.05, 0.1) is 0 Å². The highest BCUT2D eigenvalue weighted by Crippen LogP contribution is 2.19. The van der Waals surface area contributed by atoms with Crippen LogP contribution in [0.25, 0.3) is 0 Å². The summed E-state index contributed by atoms with van der Waals surface area (Å²) in [6.07, 6.45) is 11.6. The van der Waals surface area contributed by atoms with Gasteiger partial charge in [-0.25, -0.2) is 0 Å². The number of nitrogens with one attached hydrogen (secondary N) is 1. The van der Waals surface area contributed by atoms with E-state index in [0.717, 1.165) is 12.5 Å². The molecule has 0 saturated carbocycles. The van der Waals surface area contributed by atoms with Gasteiger partial charge < -0.3 is 10.2 Å². The average molecular weight is 363 g/mol. The topological polar surface area (TPSA) is 27.6 Å². The van der Waals surface area contributed by atoms with Gasteiger partial charge in [0.2, 0.25) is 0 Å². The van der Waals surface area contributed by atoms with Gasteiger partial charge in [0.25, 0.3) is 0 Å². The maximum absolute atomic E-state index is 4.36. The molecule has 1 fully saturated rings. The zero-order valence-corrected chi connectivity index (χ0v) is 13.8. The number of likely N-dealkylation sites (tertiary alicyclic amines) is 1. The summed E-state index contributed by atoms with van der Waals surface area (Å²) < 4.78 is 0. The lowest BCUT2D eigenvalue weighted by atomic mass is 9.97. The molecule has 104 valence electrons. The predicted octanol–water partition coefficient (Wildman–Crippen LogP) is 3.17. The van der Waals surface area contributed by atoms with Gasteiger partial charge in [0.1, 0.15) is 0 Å². The van der Waals surface area contributed by atoms with Gasteiger partial charge in [-0.2, -0.15) is 0 Å². The molecule has 1 aliphatic heterocycles. The minimum atomic E-state index is 0. The van der Waals surface area contributed by atoms with Crippen LogP contribution >= 0.6 is 24.0 Å². The van der Waals surface area contributed by atoms with Gasteiger partial charge in [-0.15, -0.1) is 24.0 Å². The van der Waals surface area contributed by atoms with Crippen LogP contribution in [0.15, 0.2) is 16.6 Å². The largest absolute Gasteiger partial charge is 0.356 e. The lowest BCUT2D eigenvalue weighted by molar-refractivity contribution is 0.493. The van der Waals surface area contributed by atoms with Crippen LogP contribution in [-0.4, -0.2) is 37.5 Å². The highest BCUT2D eigenvalue weighted by Gasteiger charge is 2.15. The number of rotatable bonds is 3. The molecule has 1 heterocycles. The van der Waals surface area contributed by atoms with E-state index in [2.05, 4.69) is 21.3 Å². The van der Waals surface area contributed by atoms with Crippen molar-refractivity contribution in [2.75, 3.05) is 26.7 Å². The van der Waals surface area contributed by atoms with E-state index in [-0.39, 0.29) is 24.0 Å². The smallest absolute Gasteiger partial charge is 0.193 e. The first kappa shape index (κ1) is 15.8. The lowest BCUT2D eigenvalue weighted by Crippen LogP contribution is -2.40. The van der Waals surface area contributed by atoms with Crippen LogP contribution in [-0.2, 0) is 0 Å². The second kappa shape index (κ2) is 8.77. The Morgan fingerprint density at radius 2 is 2.06 bits per heavy atom. The number of hydrogen-bond acceptors (Lipinski definition) is 1. The Kier molecular flexibility index (Phi) is 7.70. The minimum absolute atomic E-state index is 0. The molecule has 0 aromatic carbocycles. The Balaban J connectivity index is 0.00000162. The summed E-state index contributed by atoms with van der Waals surface area (Å²) in [7, 11) is 1.89. The number of guanidine groups is 1. The van der Waals surface area contributed by atoms with Crippen LogP contribution in [0, 0.1) is 0 Å². The summed E-state index contributed by atoms with van der Waals surface area (Å²) in [5.41, 5.74) is 1.64. The van der Waals surface area contributed by atoms with Gasteiger partial charge in [0.15, 0.2) is 5.96 Å². The van der Waals surface area contributed by atoms with Gasteiger partial charge in [-0.3, -0.25) is 4.99 Å². The van der Waals surface area contributed by atoms with E-state index in [1.165, 1.54) is 58.0 Å². The first-order valence-corrected chi connectivity index (χ1v) is 7.03. The van der Waals surface area contributed by atoms with E-state index >= 15 is 0 Å². The molecule has 0 atom stereocenters. The summed E-state index contributed by atoms with van der Waals surface area (Å²) in [6.45, 7) is 3.37. The monoisotopic (exact) mass is 363 g/mol. The number of aliphatic imine (C=N–C) groups is 1. The maximum atomic E-state index is 4.36. The highest BCUT2D eigenvalue weighted by molar-refractivity contribution is 14.0. The summed E-state index contributed by atoms with van der Waals surface area (Å²) in [5, 5.41) is 3.49. The highest BCUT2D eigenvalue weighted by atomic mass is 127. The molecule has 0 bridgehead atoms. The third-order valence-electron chi connectivity index (χ3n) is 3.73. The van der Waals surface area contributed by atoms with Gasteiger partial charge in [-0.05, 0) is 44.9 Å². The van der Waals surface area contributed by atoms with Gasteiger partial charge >= 0.3 is 0 Å². The van der Waals surface area contributed by atoms with Crippen molar-refractivity contribution in [2.45, 2.75) is 44.9 Å². The van der Waals surface area contributed by atoms with Crippen LogP contribution in [0.2, 0.25) is 0 Å². The number of nitrogens with zero attached hydrogens (tertiary/aromatic N) is 2.